The van der Waals surface area contributed by atoms with Gasteiger partial charge in [0.2, 0.25) is 0 Å². The Morgan fingerprint density at radius 3 is 2.77 bits per heavy atom. The molecule has 0 bridgehead atoms. The van der Waals surface area contributed by atoms with Crippen LogP contribution in [0.5, 0.6) is 11.5 Å². The molecule has 30 heavy (non-hydrogen) atoms. The number of hydrogen-bond acceptors (Lipinski definition) is 6. The number of fused-ring (bicyclic) bond motifs is 3. The summed E-state index contributed by atoms with van der Waals surface area (Å²) >= 11 is 6.48. The summed E-state index contributed by atoms with van der Waals surface area (Å²) in [5, 5.41) is 0.437. The fraction of sp³-hybridized carbons (Fsp3) is 0.455. The monoisotopic (exact) mass is 433 g/mol. The highest BCUT2D eigenvalue weighted by atomic mass is 35.5. The van der Waals surface area contributed by atoms with Crippen LogP contribution >= 0.6 is 11.6 Å². The Balaban J connectivity index is 1.76. The summed E-state index contributed by atoms with van der Waals surface area (Å²) in [4.78, 5) is 25.5. The first kappa shape index (κ1) is 20.8. The van der Waals surface area contributed by atoms with Crippen LogP contribution in [-0.2, 0) is 16.1 Å². The van der Waals surface area contributed by atoms with E-state index in [-0.39, 0.29) is 30.4 Å². The van der Waals surface area contributed by atoms with Crippen LogP contribution in [-0.4, -0.2) is 37.5 Å². The van der Waals surface area contributed by atoms with E-state index < -0.39 is 5.97 Å². The van der Waals surface area contributed by atoms with Crippen LogP contribution in [0, 0.1) is 0 Å². The van der Waals surface area contributed by atoms with Gasteiger partial charge in [-0.1, -0.05) is 11.6 Å². The maximum absolute atomic E-state index is 13.2. The van der Waals surface area contributed by atoms with Crippen molar-refractivity contribution in [2.75, 3.05) is 26.9 Å². The summed E-state index contributed by atoms with van der Waals surface area (Å²) in [5.41, 5.74) is 1.95. The molecule has 0 radical (unpaired) electrons. The van der Waals surface area contributed by atoms with Gasteiger partial charge in [-0.05, 0) is 31.9 Å². The summed E-state index contributed by atoms with van der Waals surface area (Å²) in [5.74, 6) is 0.521. The lowest BCUT2D eigenvalue weighted by atomic mass is 9.99. The maximum atomic E-state index is 13.2. The molecule has 1 aliphatic carbocycles. The Bertz CT molecular complexity index is 1030. The van der Waals surface area contributed by atoms with Crippen molar-refractivity contribution in [3.05, 3.63) is 44.7 Å². The van der Waals surface area contributed by atoms with Gasteiger partial charge in [0.25, 0.3) is 5.56 Å². The standard InChI is InChI=1S/C22H24ClNO6/c1-3-28-22(26)16-9-13-12-30-18-11-19(29-8-4-7-27-2)17(23)10-15(18)20(13)24(21(16)25)14-5-6-14/h9-11,14H,3-8,12H2,1-2H3. The zero-order valence-corrected chi connectivity index (χ0v) is 17.8. The largest absolute Gasteiger partial charge is 0.492 e. The third kappa shape index (κ3) is 3.91. The fourth-order valence-corrected chi connectivity index (χ4v) is 3.85. The van der Waals surface area contributed by atoms with E-state index in [2.05, 4.69) is 0 Å². The quantitative estimate of drug-likeness (QED) is 0.463. The van der Waals surface area contributed by atoms with Gasteiger partial charge >= 0.3 is 5.97 Å². The average molecular weight is 434 g/mol. The smallest absolute Gasteiger partial charge is 0.343 e. The molecule has 1 saturated carbocycles. The topological polar surface area (TPSA) is 76.0 Å². The maximum Gasteiger partial charge on any atom is 0.343 e. The molecule has 160 valence electrons. The SMILES string of the molecule is CCOC(=O)c1cc2c(n(C3CC3)c1=O)-c1cc(Cl)c(OCCCOC)cc1OC2. The van der Waals surface area contributed by atoms with Crippen molar-refractivity contribution in [3.63, 3.8) is 0 Å². The van der Waals surface area contributed by atoms with Crippen LogP contribution in [0.4, 0.5) is 0 Å². The molecular formula is C22H24ClNO6. The Morgan fingerprint density at radius 1 is 1.27 bits per heavy atom. The molecule has 2 heterocycles. The first-order valence-electron chi connectivity index (χ1n) is 10.1. The van der Waals surface area contributed by atoms with Gasteiger partial charge in [-0.3, -0.25) is 4.79 Å². The van der Waals surface area contributed by atoms with E-state index >= 15 is 0 Å². The fourth-order valence-electron chi connectivity index (χ4n) is 3.63. The van der Waals surface area contributed by atoms with E-state index in [0.29, 0.717) is 29.7 Å². The Labute approximate surface area is 179 Å². The van der Waals surface area contributed by atoms with Crippen LogP contribution in [0.1, 0.15) is 48.1 Å². The number of nitrogens with zero attached hydrogens (tertiary/aromatic N) is 1. The minimum atomic E-state index is -0.608. The zero-order valence-electron chi connectivity index (χ0n) is 17.0. The van der Waals surface area contributed by atoms with E-state index in [4.69, 9.17) is 30.5 Å². The molecule has 0 N–H and O–H groups in total. The predicted molar refractivity (Wildman–Crippen MR) is 112 cm³/mol. The van der Waals surface area contributed by atoms with Crippen LogP contribution in [0.15, 0.2) is 23.0 Å². The number of esters is 1. The number of methoxy groups -OCH3 is 1. The molecule has 0 saturated heterocycles. The van der Waals surface area contributed by atoms with Crippen LogP contribution in [0.2, 0.25) is 5.02 Å². The van der Waals surface area contributed by atoms with Gasteiger partial charge < -0.3 is 23.5 Å². The zero-order chi connectivity index (χ0) is 21.3. The number of carbonyl (C=O) groups is 1. The molecule has 0 unspecified atom stereocenters. The third-order valence-corrected chi connectivity index (χ3v) is 5.44. The summed E-state index contributed by atoms with van der Waals surface area (Å²) in [6, 6.07) is 5.17. The summed E-state index contributed by atoms with van der Waals surface area (Å²) in [7, 11) is 1.64. The molecule has 2 aliphatic rings. The van der Waals surface area contributed by atoms with E-state index in [0.717, 1.165) is 36.1 Å². The third-order valence-electron chi connectivity index (χ3n) is 5.14. The second-order valence-electron chi connectivity index (χ2n) is 7.32. The molecule has 1 fully saturated rings. The van der Waals surface area contributed by atoms with Gasteiger partial charge in [-0.25, -0.2) is 4.79 Å². The van der Waals surface area contributed by atoms with Crippen molar-refractivity contribution in [1.82, 2.24) is 4.57 Å². The van der Waals surface area contributed by atoms with E-state index in [1.807, 2.05) is 0 Å². The Morgan fingerprint density at radius 2 is 2.07 bits per heavy atom. The molecule has 8 heteroatoms. The van der Waals surface area contributed by atoms with Gasteiger partial charge in [0.05, 0.1) is 23.9 Å². The van der Waals surface area contributed by atoms with Crippen molar-refractivity contribution in [2.45, 2.75) is 38.8 Å². The molecule has 1 aliphatic heterocycles. The minimum absolute atomic E-state index is 0.0405. The molecule has 4 rings (SSSR count). The highest BCUT2D eigenvalue weighted by Crippen LogP contribution is 2.46. The van der Waals surface area contributed by atoms with Crippen molar-refractivity contribution >= 4 is 17.6 Å². The van der Waals surface area contributed by atoms with Gasteiger partial charge in [0, 0.05) is 43.4 Å². The number of benzene rings is 1. The van der Waals surface area contributed by atoms with Gasteiger partial charge in [-0.2, -0.15) is 0 Å². The van der Waals surface area contributed by atoms with Crippen molar-refractivity contribution < 1.29 is 23.7 Å². The van der Waals surface area contributed by atoms with Gasteiger partial charge in [-0.15, -0.1) is 0 Å². The number of pyridine rings is 1. The molecule has 1 aromatic heterocycles. The molecule has 0 atom stereocenters. The first-order chi connectivity index (χ1) is 14.5. The van der Waals surface area contributed by atoms with Crippen LogP contribution < -0.4 is 15.0 Å². The molecule has 7 nitrogen and oxygen atoms in total. The highest BCUT2D eigenvalue weighted by molar-refractivity contribution is 6.32. The molecule has 1 aromatic carbocycles. The summed E-state index contributed by atoms with van der Waals surface area (Å²) in [6.45, 7) is 3.24. The molecule has 0 spiro atoms. The lowest BCUT2D eigenvalue weighted by Crippen LogP contribution is -2.30. The normalized spacial score (nSPS) is 14.5. The van der Waals surface area contributed by atoms with E-state index in [9.17, 15) is 9.59 Å². The van der Waals surface area contributed by atoms with Crippen molar-refractivity contribution in [1.29, 1.82) is 0 Å². The average Bonchev–Trinajstić information content (AvgIpc) is 3.56. The molecule has 2 aromatic rings. The van der Waals surface area contributed by atoms with E-state index in [1.165, 1.54) is 0 Å². The van der Waals surface area contributed by atoms with Crippen LogP contribution in [0.25, 0.3) is 11.3 Å². The highest BCUT2D eigenvalue weighted by Gasteiger charge is 2.34. The number of ether oxygens (including phenoxy) is 4. The Kier molecular flexibility index (Phi) is 6.01. The first-order valence-corrected chi connectivity index (χ1v) is 10.5. The lowest BCUT2D eigenvalue weighted by Gasteiger charge is -2.26. The number of hydrogen-bond donors (Lipinski definition) is 0. The van der Waals surface area contributed by atoms with E-state index in [1.54, 1.807) is 36.8 Å². The van der Waals surface area contributed by atoms with Crippen LogP contribution in [0.3, 0.4) is 0 Å². The van der Waals surface area contributed by atoms with Gasteiger partial charge in [0.1, 0.15) is 23.7 Å². The molecule has 0 amide bonds. The minimum Gasteiger partial charge on any atom is -0.492 e. The lowest BCUT2D eigenvalue weighted by molar-refractivity contribution is 0.0523. The summed E-state index contributed by atoms with van der Waals surface area (Å²) < 4.78 is 23.5. The number of carbonyl (C=O) groups excluding carboxylic acids is 1. The number of aromatic nitrogens is 1. The van der Waals surface area contributed by atoms with Crippen molar-refractivity contribution in [3.8, 4) is 22.8 Å². The molecular weight excluding hydrogens is 410 g/mol. The summed E-state index contributed by atoms with van der Waals surface area (Å²) in [6.07, 6.45) is 2.53. The Hall–Kier alpha value is -2.51. The number of rotatable bonds is 8. The van der Waals surface area contributed by atoms with Crippen molar-refractivity contribution in [2.24, 2.45) is 0 Å². The number of halogens is 1. The van der Waals surface area contributed by atoms with Gasteiger partial charge in [0.15, 0.2) is 0 Å². The second-order valence-corrected chi connectivity index (χ2v) is 7.73. The second kappa shape index (κ2) is 8.70. The predicted octanol–water partition coefficient (Wildman–Crippen LogP) is 3.99.